The molecule has 1 aliphatic heterocycles. The smallest absolute Gasteiger partial charge is 0.282 e. The summed E-state index contributed by atoms with van der Waals surface area (Å²) in [6.07, 6.45) is 4.65. The first-order valence-corrected chi connectivity index (χ1v) is 9.93. The van der Waals surface area contributed by atoms with Gasteiger partial charge in [0.25, 0.3) is 5.56 Å². The standard InChI is InChI=1S/C21H23N7O/c1-14-13-28-17(15(2)23-14)12-16(25-28)19-20(26-9-5-7-22-8-11-26)21(29)27-10-4-3-6-18(27)24-19/h3-4,6,10,12-13,22H,5,7-9,11H2,1-2H3. The van der Waals surface area contributed by atoms with E-state index >= 15 is 0 Å². The van der Waals surface area contributed by atoms with Gasteiger partial charge in [-0.25, -0.2) is 9.50 Å². The molecule has 4 aromatic rings. The third kappa shape index (κ3) is 3.05. The van der Waals surface area contributed by atoms with Gasteiger partial charge in [-0.3, -0.25) is 14.2 Å². The van der Waals surface area contributed by atoms with Crippen LogP contribution in [0.3, 0.4) is 0 Å². The molecule has 5 rings (SSSR count). The van der Waals surface area contributed by atoms with Crippen molar-refractivity contribution in [1.82, 2.24) is 29.3 Å². The molecule has 148 valence electrons. The van der Waals surface area contributed by atoms with Crippen molar-refractivity contribution in [3.63, 3.8) is 0 Å². The molecule has 0 saturated carbocycles. The van der Waals surface area contributed by atoms with E-state index in [1.807, 2.05) is 48.8 Å². The molecule has 0 radical (unpaired) electrons. The van der Waals surface area contributed by atoms with E-state index < -0.39 is 0 Å². The number of hydrogen-bond acceptors (Lipinski definition) is 6. The molecule has 5 heterocycles. The largest absolute Gasteiger partial charge is 0.364 e. The van der Waals surface area contributed by atoms with Gasteiger partial charge in [-0.1, -0.05) is 6.07 Å². The van der Waals surface area contributed by atoms with E-state index in [4.69, 9.17) is 10.1 Å². The van der Waals surface area contributed by atoms with Gasteiger partial charge in [0.1, 0.15) is 22.7 Å². The van der Waals surface area contributed by atoms with Crippen LogP contribution < -0.4 is 15.8 Å². The Balaban J connectivity index is 1.79. The van der Waals surface area contributed by atoms with Crippen molar-refractivity contribution in [2.45, 2.75) is 20.3 Å². The quantitative estimate of drug-likeness (QED) is 0.563. The summed E-state index contributed by atoms with van der Waals surface area (Å²) >= 11 is 0. The summed E-state index contributed by atoms with van der Waals surface area (Å²) in [5.74, 6) is 0. The van der Waals surface area contributed by atoms with Crippen molar-refractivity contribution in [2.75, 3.05) is 31.1 Å². The maximum atomic E-state index is 13.5. The molecule has 8 nitrogen and oxygen atoms in total. The van der Waals surface area contributed by atoms with Gasteiger partial charge in [0.2, 0.25) is 0 Å². The predicted molar refractivity (Wildman–Crippen MR) is 113 cm³/mol. The zero-order chi connectivity index (χ0) is 20.0. The third-order valence-electron chi connectivity index (χ3n) is 5.37. The van der Waals surface area contributed by atoms with Crippen LogP contribution in [0.15, 0.2) is 41.5 Å². The van der Waals surface area contributed by atoms with Crippen LogP contribution in [0.5, 0.6) is 0 Å². The zero-order valence-electron chi connectivity index (χ0n) is 16.6. The number of nitrogens with zero attached hydrogens (tertiary/aromatic N) is 6. The molecule has 8 heteroatoms. The van der Waals surface area contributed by atoms with Gasteiger partial charge in [-0.05, 0) is 45.0 Å². The Bertz CT molecular complexity index is 1270. The Kier molecular flexibility index (Phi) is 4.28. The Hall–Kier alpha value is -3.26. The fourth-order valence-corrected chi connectivity index (χ4v) is 4.02. The van der Waals surface area contributed by atoms with E-state index in [-0.39, 0.29) is 5.56 Å². The van der Waals surface area contributed by atoms with Crippen LogP contribution in [0.25, 0.3) is 22.6 Å². The normalized spacial score (nSPS) is 15.2. The maximum Gasteiger partial charge on any atom is 0.282 e. The van der Waals surface area contributed by atoms with Crippen LogP contribution in [-0.4, -0.2) is 50.2 Å². The molecule has 4 aromatic heterocycles. The van der Waals surface area contributed by atoms with Gasteiger partial charge >= 0.3 is 0 Å². The lowest BCUT2D eigenvalue weighted by Gasteiger charge is -2.23. The van der Waals surface area contributed by atoms with Gasteiger partial charge in [-0.2, -0.15) is 5.10 Å². The highest BCUT2D eigenvalue weighted by atomic mass is 16.1. The Labute approximate surface area is 167 Å². The van der Waals surface area contributed by atoms with Crippen molar-refractivity contribution < 1.29 is 0 Å². The third-order valence-corrected chi connectivity index (χ3v) is 5.37. The molecular formula is C21H23N7O. The van der Waals surface area contributed by atoms with Crippen molar-refractivity contribution in [1.29, 1.82) is 0 Å². The molecular weight excluding hydrogens is 366 g/mol. The number of anilines is 1. The van der Waals surface area contributed by atoms with E-state index in [2.05, 4.69) is 15.2 Å². The number of aryl methyl sites for hydroxylation is 2. The minimum absolute atomic E-state index is 0.0596. The van der Waals surface area contributed by atoms with Gasteiger partial charge < -0.3 is 10.2 Å². The first kappa shape index (κ1) is 17.8. The summed E-state index contributed by atoms with van der Waals surface area (Å²) in [7, 11) is 0. The molecule has 0 spiro atoms. The van der Waals surface area contributed by atoms with Gasteiger partial charge in [0.05, 0.1) is 23.1 Å². The van der Waals surface area contributed by atoms with Crippen molar-refractivity contribution in [3.05, 3.63) is 58.4 Å². The van der Waals surface area contributed by atoms with Crippen LogP contribution in [0.1, 0.15) is 17.8 Å². The summed E-state index contributed by atoms with van der Waals surface area (Å²) in [6.45, 7) is 7.28. The lowest BCUT2D eigenvalue weighted by atomic mass is 10.2. The number of nitrogens with one attached hydrogen (secondary N) is 1. The number of aromatic nitrogens is 5. The van der Waals surface area contributed by atoms with Gasteiger partial charge in [0, 0.05) is 25.8 Å². The predicted octanol–water partition coefficient (Wildman–Crippen LogP) is 1.82. The van der Waals surface area contributed by atoms with Crippen LogP contribution in [0.2, 0.25) is 0 Å². The fourth-order valence-electron chi connectivity index (χ4n) is 4.02. The molecule has 0 amide bonds. The van der Waals surface area contributed by atoms with Crippen LogP contribution in [-0.2, 0) is 0 Å². The molecule has 1 aliphatic rings. The zero-order valence-corrected chi connectivity index (χ0v) is 16.6. The first-order chi connectivity index (χ1) is 14.1. The number of pyridine rings is 1. The van der Waals surface area contributed by atoms with E-state index in [9.17, 15) is 4.79 Å². The summed E-state index contributed by atoms with van der Waals surface area (Å²) in [5.41, 5.74) is 5.21. The fraction of sp³-hybridized carbons (Fsp3) is 0.333. The minimum Gasteiger partial charge on any atom is -0.364 e. The van der Waals surface area contributed by atoms with Crippen LogP contribution in [0, 0.1) is 13.8 Å². The molecule has 0 aliphatic carbocycles. The summed E-state index contributed by atoms with van der Waals surface area (Å²) in [4.78, 5) is 25.0. The molecule has 0 aromatic carbocycles. The van der Waals surface area contributed by atoms with Crippen LogP contribution >= 0.6 is 0 Å². The Morgan fingerprint density at radius 3 is 2.90 bits per heavy atom. The molecule has 0 atom stereocenters. The minimum atomic E-state index is -0.0596. The van der Waals surface area contributed by atoms with Gasteiger partial charge in [-0.15, -0.1) is 0 Å². The Morgan fingerprint density at radius 2 is 2.00 bits per heavy atom. The monoisotopic (exact) mass is 389 g/mol. The molecule has 1 saturated heterocycles. The van der Waals surface area contributed by atoms with Gasteiger partial charge in [0.15, 0.2) is 0 Å². The first-order valence-electron chi connectivity index (χ1n) is 9.93. The molecule has 29 heavy (non-hydrogen) atoms. The maximum absolute atomic E-state index is 13.5. The summed E-state index contributed by atoms with van der Waals surface area (Å²) in [5, 5.41) is 8.15. The molecule has 0 unspecified atom stereocenters. The van der Waals surface area contributed by atoms with E-state index in [0.717, 1.165) is 49.5 Å². The van der Waals surface area contributed by atoms with E-state index in [0.29, 0.717) is 22.7 Å². The average Bonchev–Trinajstić information content (AvgIpc) is 2.95. The van der Waals surface area contributed by atoms with Crippen molar-refractivity contribution in [3.8, 4) is 11.4 Å². The number of hydrogen-bond donors (Lipinski definition) is 1. The highest BCUT2D eigenvalue weighted by Gasteiger charge is 2.23. The average molecular weight is 389 g/mol. The SMILES string of the molecule is Cc1cn2nc(-c3nc4ccccn4c(=O)c3N3CCCNCC3)cc2c(C)n1. The van der Waals surface area contributed by atoms with E-state index in [1.165, 1.54) is 0 Å². The highest BCUT2D eigenvalue weighted by Crippen LogP contribution is 2.28. The van der Waals surface area contributed by atoms with Crippen molar-refractivity contribution in [2.24, 2.45) is 0 Å². The molecule has 1 N–H and O–H groups in total. The topological polar surface area (TPSA) is 79.8 Å². The van der Waals surface area contributed by atoms with E-state index in [1.54, 1.807) is 10.6 Å². The second-order valence-corrected chi connectivity index (χ2v) is 7.46. The summed E-state index contributed by atoms with van der Waals surface area (Å²) in [6, 6.07) is 7.57. The second kappa shape index (κ2) is 6.97. The number of rotatable bonds is 2. The number of fused-ring (bicyclic) bond motifs is 2. The second-order valence-electron chi connectivity index (χ2n) is 7.46. The highest BCUT2D eigenvalue weighted by molar-refractivity contribution is 5.77. The molecule has 1 fully saturated rings. The van der Waals surface area contributed by atoms with Crippen LogP contribution in [0.4, 0.5) is 5.69 Å². The molecule has 0 bridgehead atoms. The lowest BCUT2D eigenvalue weighted by molar-refractivity contribution is 0.724. The summed E-state index contributed by atoms with van der Waals surface area (Å²) < 4.78 is 3.44. The Morgan fingerprint density at radius 1 is 1.10 bits per heavy atom. The van der Waals surface area contributed by atoms with Crippen molar-refractivity contribution >= 4 is 16.9 Å². The lowest BCUT2D eigenvalue weighted by Crippen LogP contribution is -2.34.